The lowest BCUT2D eigenvalue weighted by Gasteiger charge is -2.07. The van der Waals surface area contributed by atoms with Gasteiger partial charge >= 0.3 is 6.18 Å². The fraction of sp³-hybridized carbons (Fsp3) is 0.0769. The average molecular weight is 462 g/mol. The fourth-order valence-electron chi connectivity index (χ4n) is 2.16. The van der Waals surface area contributed by atoms with E-state index >= 15 is 0 Å². The molecule has 0 aliphatic carbocycles. The standard InChI is InChI=1S/C13H6F3IN6S/c14-13(15,16)7-1-8-9(5-23(24-17)11(8)20-4-7)10-6(2-18)3-21-12(19)22-10/h1,3-5H,(H2,19,21,22). The van der Waals surface area contributed by atoms with Gasteiger partial charge in [-0.15, -0.1) is 0 Å². The first kappa shape index (κ1) is 16.8. The number of nitrogens with two attached hydrogens (primary N) is 1. The molecule has 0 fully saturated rings. The number of alkyl halides is 3. The molecule has 0 saturated heterocycles. The zero-order chi connectivity index (χ0) is 17.5. The Bertz CT molecular complexity index is 978. The maximum atomic E-state index is 13.0. The second-order valence-corrected chi connectivity index (χ2v) is 6.35. The summed E-state index contributed by atoms with van der Waals surface area (Å²) < 4.78 is 40.6. The van der Waals surface area contributed by atoms with Crippen LogP contribution in [0.15, 0.2) is 24.7 Å². The highest BCUT2D eigenvalue weighted by atomic mass is 127. The summed E-state index contributed by atoms with van der Waals surface area (Å²) in [5, 5.41) is 9.44. The lowest BCUT2D eigenvalue weighted by molar-refractivity contribution is -0.137. The van der Waals surface area contributed by atoms with E-state index in [4.69, 9.17) is 5.73 Å². The van der Waals surface area contributed by atoms with Crippen molar-refractivity contribution in [2.75, 3.05) is 5.73 Å². The Labute approximate surface area is 149 Å². The quantitative estimate of drug-likeness (QED) is 0.583. The molecule has 3 rings (SSSR count). The molecule has 0 aromatic carbocycles. The Morgan fingerprint density at radius 3 is 2.67 bits per heavy atom. The van der Waals surface area contributed by atoms with Gasteiger partial charge in [-0.3, -0.25) is 3.97 Å². The summed E-state index contributed by atoms with van der Waals surface area (Å²) in [7, 11) is 1.23. The van der Waals surface area contributed by atoms with Crippen molar-refractivity contribution in [1.29, 1.82) is 5.26 Å². The van der Waals surface area contributed by atoms with Gasteiger partial charge in [0.25, 0.3) is 0 Å². The third-order valence-electron chi connectivity index (χ3n) is 3.20. The topological polar surface area (TPSA) is 93.4 Å². The van der Waals surface area contributed by atoms with Crippen LogP contribution in [0.4, 0.5) is 19.1 Å². The molecule has 6 nitrogen and oxygen atoms in total. The molecule has 0 radical (unpaired) electrons. The van der Waals surface area contributed by atoms with Crippen molar-refractivity contribution in [3.63, 3.8) is 0 Å². The number of hydrogen-bond donors (Lipinski definition) is 1. The van der Waals surface area contributed by atoms with E-state index in [9.17, 15) is 18.4 Å². The van der Waals surface area contributed by atoms with Crippen molar-refractivity contribution in [3.8, 4) is 17.3 Å². The Balaban J connectivity index is 2.36. The third-order valence-corrected chi connectivity index (χ3v) is 4.90. The van der Waals surface area contributed by atoms with Crippen LogP contribution < -0.4 is 5.73 Å². The minimum Gasteiger partial charge on any atom is -0.368 e. The number of aromatic nitrogens is 4. The largest absolute Gasteiger partial charge is 0.417 e. The first-order chi connectivity index (χ1) is 11.3. The van der Waals surface area contributed by atoms with E-state index in [-0.39, 0.29) is 22.6 Å². The number of nitrogens with zero attached hydrogens (tertiary/aromatic N) is 5. The SMILES string of the molecule is N#Cc1cnc(N)nc1-c1cn(SI)c2ncc(C(F)(F)F)cc12. The predicted octanol–water partition coefficient (Wildman–Crippen LogP) is 3.81. The molecule has 0 spiro atoms. The van der Waals surface area contributed by atoms with Gasteiger partial charge in [0, 0.05) is 53.7 Å². The molecule has 3 aromatic rings. The second kappa shape index (κ2) is 6.10. The number of fused-ring (bicyclic) bond motifs is 1. The molecule has 0 unspecified atom stereocenters. The highest BCUT2D eigenvalue weighted by Gasteiger charge is 2.32. The molecular formula is C13H6F3IN6S. The van der Waals surface area contributed by atoms with Gasteiger partial charge in [0.2, 0.25) is 5.95 Å². The predicted molar refractivity (Wildman–Crippen MR) is 91.9 cm³/mol. The molecule has 0 amide bonds. The van der Waals surface area contributed by atoms with E-state index in [1.165, 1.54) is 15.3 Å². The van der Waals surface area contributed by atoms with Crippen molar-refractivity contribution in [2.45, 2.75) is 6.18 Å². The van der Waals surface area contributed by atoms with Crippen LogP contribution in [0.25, 0.3) is 22.3 Å². The van der Waals surface area contributed by atoms with Gasteiger partial charge < -0.3 is 5.73 Å². The molecule has 0 atom stereocenters. The molecule has 0 saturated carbocycles. The summed E-state index contributed by atoms with van der Waals surface area (Å²) in [4.78, 5) is 11.7. The van der Waals surface area contributed by atoms with E-state index in [0.717, 1.165) is 12.3 Å². The number of nitriles is 1. The zero-order valence-corrected chi connectivity index (χ0v) is 14.5. The zero-order valence-electron chi connectivity index (χ0n) is 11.5. The molecule has 11 heteroatoms. The molecule has 2 N–H and O–H groups in total. The third kappa shape index (κ3) is 2.86. The van der Waals surface area contributed by atoms with Crippen LogP contribution >= 0.6 is 30.3 Å². The summed E-state index contributed by atoms with van der Waals surface area (Å²) in [6.07, 6.45) is -0.952. The van der Waals surface area contributed by atoms with Crippen LogP contribution in [0.3, 0.4) is 0 Å². The normalized spacial score (nSPS) is 11.6. The van der Waals surface area contributed by atoms with Gasteiger partial charge in [-0.25, -0.2) is 15.0 Å². The highest BCUT2D eigenvalue weighted by Crippen LogP contribution is 2.37. The summed E-state index contributed by atoms with van der Waals surface area (Å²) >= 11 is 1.98. The monoisotopic (exact) mass is 462 g/mol. The Kier molecular flexibility index (Phi) is 4.26. The van der Waals surface area contributed by atoms with Crippen LogP contribution in [-0.2, 0) is 6.18 Å². The van der Waals surface area contributed by atoms with Gasteiger partial charge in [-0.05, 0) is 6.07 Å². The van der Waals surface area contributed by atoms with Gasteiger partial charge in [-0.2, -0.15) is 18.4 Å². The number of rotatable bonds is 2. The van der Waals surface area contributed by atoms with Crippen LogP contribution in [0.5, 0.6) is 0 Å². The van der Waals surface area contributed by atoms with Crippen LogP contribution in [0.2, 0.25) is 0 Å². The van der Waals surface area contributed by atoms with E-state index in [1.54, 1.807) is 10.2 Å². The summed E-state index contributed by atoms with van der Waals surface area (Å²) in [6, 6.07) is 2.90. The minimum atomic E-state index is -4.53. The van der Waals surface area contributed by atoms with Gasteiger partial charge in [-0.1, -0.05) is 0 Å². The lowest BCUT2D eigenvalue weighted by Crippen LogP contribution is -2.05. The second-order valence-electron chi connectivity index (χ2n) is 4.63. The number of hydrogen-bond acceptors (Lipinski definition) is 6. The van der Waals surface area contributed by atoms with Crippen LogP contribution in [0, 0.1) is 11.3 Å². The van der Waals surface area contributed by atoms with Gasteiger partial charge in [0.05, 0.1) is 23.0 Å². The summed E-state index contributed by atoms with van der Waals surface area (Å²) in [6.45, 7) is 0. The molecule has 0 aliphatic heterocycles. The first-order valence-corrected chi connectivity index (χ1v) is 9.57. The summed E-state index contributed by atoms with van der Waals surface area (Å²) in [5.74, 6) is -0.0769. The minimum absolute atomic E-state index is 0.0769. The van der Waals surface area contributed by atoms with Crippen molar-refractivity contribution >= 4 is 47.3 Å². The van der Waals surface area contributed by atoms with Crippen molar-refractivity contribution in [2.24, 2.45) is 0 Å². The van der Waals surface area contributed by atoms with E-state index in [2.05, 4.69) is 15.0 Å². The van der Waals surface area contributed by atoms with E-state index < -0.39 is 11.7 Å². The van der Waals surface area contributed by atoms with Crippen LogP contribution in [0.1, 0.15) is 11.1 Å². The lowest BCUT2D eigenvalue weighted by atomic mass is 10.1. The smallest absolute Gasteiger partial charge is 0.368 e. The van der Waals surface area contributed by atoms with Gasteiger partial charge in [0.1, 0.15) is 6.07 Å². The highest BCUT2D eigenvalue weighted by molar-refractivity contribution is 14.2. The molecule has 3 heterocycles. The number of pyridine rings is 1. The molecule has 0 bridgehead atoms. The van der Waals surface area contributed by atoms with Gasteiger partial charge in [0.15, 0.2) is 5.65 Å². The summed E-state index contributed by atoms with van der Waals surface area (Å²) in [5.41, 5.74) is 5.62. The van der Waals surface area contributed by atoms with E-state index in [0.29, 0.717) is 11.2 Å². The Morgan fingerprint density at radius 2 is 2.04 bits per heavy atom. The van der Waals surface area contributed by atoms with Crippen molar-refractivity contribution in [3.05, 3.63) is 35.8 Å². The maximum Gasteiger partial charge on any atom is 0.417 e. The number of anilines is 1. The molecular weight excluding hydrogens is 456 g/mol. The van der Waals surface area contributed by atoms with Crippen molar-refractivity contribution < 1.29 is 13.2 Å². The molecule has 24 heavy (non-hydrogen) atoms. The van der Waals surface area contributed by atoms with Crippen molar-refractivity contribution in [1.82, 2.24) is 18.9 Å². The first-order valence-electron chi connectivity index (χ1n) is 6.25. The molecule has 0 aliphatic rings. The number of halogens is 4. The fourth-order valence-corrected chi connectivity index (χ4v) is 3.42. The van der Waals surface area contributed by atoms with E-state index in [1.807, 2.05) is 27.3 Å². The molecule has 122 valence electrons. The Hall–Kier alpha value is -2.07. The average Bonchev–Trinajstić information content (AvgIpc) is 2.91. The number of nitrogen functional groups attached to an aromatic ring is 1. The maximum absolute atomic E-state index is 13.0. The van der Waals surface area contributed by atoms with Crippen LogP contribution in [-0.4, -0.2) is 18.9 Å². The molecule has 3 aromatic heterocycles. The Morgan fingerprint density at radius 1 is 1.29 bits per heavy atom.